The maximum absolute atomic E-state index is 13.2. The molecular weight excluding hydrogens is 264 g/mol. The minimum absolute atomic E-state index is 0.0861. The van der Waals surface area contributed by atoms with E-state index in [1.165, 1.54) is 22.6 Å². The van der Waals surface area contributed by atoms with Gasteiger partial charge in [-0.2, -0.15) is 0 Å². The molecule has 0 radical (unpaired) electrons. The quantitative estimate of drug-likeness (QED) is 0.854. The van der Waals surface area contributed by atoms with Gasteiger partial charge in [-0.1, -0.05) is 6.92 Å². The first-order valence-electron chi connectivity index (χ1n) is 6.34. The third-order valence-electron chi connectivity index (χ3n) is 3.17. The highest BCUT2D eigenvalue weighted by Crippen LogP contribution is 2.20. The number of nitrogens with one attached hydrogen (secondary N) is 1. The van der Waals surface area contributed by atoms with Gasteiger partial charge in [-0.15, -0.1) is 11.3 Å². The molecule has 2 aromatic rings. The van der Waals surface area contributed by atoms with Crippen LogP contribution in [0.25, 0.3) is 0 Å². The highest BCUT2D eigenvalue weighted by Gasteiger charge is 2.10. The molecule has 19 heavy (non-hydrogen) atoms. The van der Waals surface area contributed by atoms with Crippen LogP contribution in [0.3, 0.4) is 0 Å². The number of benzene rings is 1. The van der Waals surface area contributed by atoms with Gasteiger partial charge in [0.1, 0.15) is 11.6 Å². The Balaban J connectivity index is 2.03. The van der Waals surface area contributed by atoms with Crippen molar-refractivity contribution in [1.82, 2.24) is 5.32 Å². The first-order valence-corrected chi connectivity index (χ1v) is 7.22. The van der Waals surface area contributed by atoms with Crippen LogP contribution in [0.15, 0.2) is 29.6 Å². The fraction of sp³-hybridized carbons (Fsp3) is 0.333. The van der Waals surface area contributed by atoms with Crippen LogP contribution < -0.4 is 5.32 Å². The number of hydrogen-bond acceptors (Lipinski definition) is 2. The van der Waals surface area contributed by atoms with Crippen molar-refractivity contribution >= 4 is 11.3 Å². The SMILES string of the molecule is CCc1ccsc1CNC(C)c1cc(F)cc(F)c1. The van der Waals surface area contributed by atoms with Gasteiger partial charge in [0, 0.05) is 23.5 Å². The van der Waals surface area contributed by atoms with Crippen LogP contribution in [0.2, 0.25) is 0 Å². The summed E-state index contributed by atoms with van der Waals surface area (Å²) in [6.07, 6.45) is 1.00. The lowest BCUT2D eigenvalue weighted by Gasteiger charge is -2.14. The normalized spacial score (nSPS) is 12.6. The zero-order chi connectivity index (χ0) is 13.8. The average Bonchev–Trinajstić information content (AvgIpc) is 2.82. The molecule has 102 valence electrons. The van der Waals surface area contributed by atoms with Gasteiger partial charge in [-0.25, -0.2) is 8.78 Å². The largest absolute Gasteiger partial charge is 0.305 e. The van der Waals surface area contributed by atoms with Gasteiger partial charge in [0.15, 0.2) is 0 Å². The zero-order valence-electron chi connectivity index (χ0n) is 11.0. The molecule has 4 heteroatoms. The Hall–Kier alpha value is -1.26. The molecule has 0 bridgehead atoms. The summed E-state index contributed by atoms with van der Waals surface area (Å²) in [5, 5.41) is 5.38. The lowest BCUT2D eigenvalue weighted by molar-refractivity contribution is 0.546. The van der Waals surface area contributed by atoms with Crippen LogP contribution in [0.4, 0.5) is 8.78 Å². The molecule has 1 atom stereocenters. The molecule has 0 saturated heterocycles. The minimum Gasteiger partial charge on any atom is -0.305 e. The third-order valence-corrected chi connectivity index (χ3v) is 4.14. The second-order valence-corrected chi connectivity index (χ2v) is 5.53. The number of rotatable bonds is 5. The van der Waals surface area contributed by atoms with Gasteiger partial charge in [-0.05, 0) is 48.1 Å². The highest BCUT2D eigenvalue weighted by atomic mass is 32.1. The van der Waals surface area contributed by atoms with E-state index in [1.807, 2.05) is 6.92 Å². The highest BCUT2D eigenvalue weighted by molar-refractivity contribution is 7.10. The molecule has 1 N–H and O–H groups in total. The second kappa shape index (κ2) is 6.26. The Morgan fingerprint density at radius 2 is 1.89 bits per heavy atom. The molecule has 0 saturated carbocycles. The maximum Gasteiger partial charge on any atom is 0.126 e. The Kier molecular flexibility index (Phi) is 4.66. The molecule has 1 aromatic carbocycles. The number of thiophene rings is 1. The molecule has 0 fully saturated rings. The first-order chi connectivity index (χ1) is 9.10. The van der Waals surface area contributed by atoms with E-state index in [1.54, 1.807) is 11.3 Å². The van der Waals surface area contributed by atoms with E-state index in [9.17, 15) is 8.78 Å². The van der Waals surface area contributed by atoms with Gasteiger partial charge in [0.05, 0.1) is 0 Å². The number of aryl methyl sites for hydroxylation is 1. The van der Waals surface area contributed by atoms with Crippen molar-refractivity contribution in [2.45, 2.75) is 32.9 Å². The molecule has 1 nitrogen and oxygen atoms in total. The molecular formula is C15H17F2NS. The molecule has 0 amide bonds. The van der Waals surface area contributed by atoms with Gasteiger partial charge < -0.3 is 5.32 Å². The Bertz CT molecular complexity index is 531. The molecule has 0 aliphatic carbocycles. The van der Waals surface area contributed by atoms with Crippen molar-refractivity contribution in [3.8, 4) is 0 Å². The first kappa shape index (κ1) is 14.2. The summed E-state index contributed by atoms with van der Waals surface area (Å²) in [4.78, 5) is 1.28. The lowest BCUT2D eigenvalue weighted by Crippen LogP contribution is -2.18. The lowest BCUT2D eigenvalue weighted by atomic mass is 10.1. The summed E-state index contributed by atoms with van der Waals surface area (Å²) >= 11 is 1.71. The monoisotopic (exact) mass is 281 g/mol. The summed E-state index contributed by atoms with van der Waals surface area (Å²) < 4.78 is 26.3. The van der Waals surface area contributed by atoms with Gasteiger partial charge in [0.25, 0.3) is 0 Å². The van der Waals surface area contributed by atoms with E-state index in [2.05, 4.69) is 23.7 Å². The van der Waals surface area contributed by atoms with Crippen LogP contribution >= 0.6 is 11.3 Å². The van der Waals surface area contributed by atoms with Crippen molar-refractivity contribution in [3.63, 3.8) is 0 Å². The van der Waals surface area contributed by atoms with E-state index in [0.29, 0.717) is 5.56 Å². The van der Waals surface area contributed by atoms with Gasteiger partial charge in [0.2, 0.25) is 0 Å². The third kappa shape index (κ3) is 3.61. The molecule has 2 rings (SSSR count). The Morgan fingerprint density at radius 3 is 2.53 bits per heavy atom. The maximum atomic E-state index is 13.2. The van der Waals surface area contributed by atoms with Crippen LogP contribution in [-0.2, 0) is 13.0 Å². The Labute approximate surface area is 116 Å². The Morgan fingerprint density at radius 1 is 1.21 bits per heavy atom. The van der Waals surface area contributed by atoms with Crippen LogP contribution in [-0.4, -0.2) is 0 Å². The molecule has 0 aliphatic heterocycles. The van der Waals surface area contributed by atoms with Gasteiger partial charge in [-0.3, -0.25) is 0 Å². The molecule has 1 heterocycles. The molecule has 1 unspecified atom stereocenters. The summed E-state index contributed by atoms with van der Waals surface area (Å²) in [7, 11) is 0. The predicted molar refractivity (Wildman–Crippen MR) is 75.3 cm³/mol. The van der Waals surface area contributed by atoms with E-state index in [0.717, 1.165) is 19.0 Å². The van der Waals surface area contributed by atoms with Crippen molar-refractivity contribution in [2.24, 2.45) is 0 Å². The van der Waals surface area contributed by atoms with Crippen LogP contribution in [0.1, 0.15) is 35.9 Å². The van der Waals surface area contributed by atoms with E-state index >= 15 is 0 Å². The van der Waals surface area contributed by atoms with E-state index < -0.39 is 11.6 Å². The summed E-state index contributed by atoms with van der Waals surface area (Å²) in [6, 6.07) is 5.67. The van der Waals surface area contributed by atoms with Crippen molar-refractivity contribution in [1.29, 1.82) is 0 Å². The summed E-state index contributed by atoms with van der Waals surface area (Å²) in [6.45, 7) is 4.75. The smallest absolute Gasteiger partial charge is 0.126 e. The number of halogens is 2. The van der Waals surface area contributed by atoms with E-state index in [-0.39, 0.29) is 6.04 Å². The minimum atomic E-state index is -0.533. The molecule has 0 aliphatic rings. The predicted octanol–water partition coefficient (Wildman–Crippen LogP) is 4.44. The van der Waals surface area contributed by atoms with Crippen LogP contribution in [0, 0.1) is 11.6 Å². The topological polar surface area (TPSA) is 12.0 Å². The average molecular weight is 281 g/mol. The summed E-state index contributed by atoms with van der Waals surface area (Å²) in [5.74, 6) is -1.07. The fourth-order valence-corrected chi connectivity index (χ4v) is 2.95. The summed E-state index contributed by atoms with van der Waals surface area (Å²) in [5.41, 5.74) is 1.96. The van der Waals surface area contributed by atoms with E-state index in [4.69, 9.17) is 0 Å². The second-order valence-electron chi connectivity index (χ2n) is 4.53. The number of hydrogen-bond donors (Lipinski definition) is 1. The molecule has 1 aromatic heterocycles. The van der Waals surface area contributed by atoms with Crippen molar-refractivity contribution in [3.05, 3.63) is 57.3 Å². The van der Waals surface area contributed by atoms with Crippen molar-refractivity contribution in [2.75, 3.05) is 0 Å². The van der Waals surface area contributed by atoms with Crippen molar-refractivity contribution < 1.29 is 8.78 Å². The molecule has 0 spiro atoms. The standard InChI is InChI=1S/C15H17F2NS/c1-3-11-4-5-19-15(11)9-18-10(2)12-6-13(16)8-14(17)7-12/h4-8,10,18H,3,9H2,1-2H3. The fourth-order valence-electron chi connectivity index (χ4n) is 2.03. The van der Waals surface area contributed by atoms with Gasteiger partial charge >= 0.3 is 0 Å². The zero-order valence-corrected chi connectivity index (χ0v) is 11.9. The van der Waals surface area contributed by atoms with Crippen LogP contribution in [0.5, 0.6) is 0 Å².